The first-order valence-electron chi connectivity index (χ1n) is 12.1. The molecular formula is C28H17Br3Cl2F2N4O4. The fraction of sp³-hybridized carbons (Fsp3) is 0.143. The summed E-state index contributed by atoms with van der Waals surface area (Å²) in [5.74, 6) is 1.85. The maximum absolute atomic E-state index is 13.9. The Hall–Kier alpha value is -2.68. The number of aliphatic imine (C=N–C) groups is 1. The molecular weight excluding hydrogens is 805 g/mol. The van der Waals surface area contributed by atoms with Crippen LogP contribution in [0.4, 0.5) is 8.78 Å². The van der Waals surface area contributed by atoms with Crippen LogP contribution in [0.3, 0.4) is 0 Å². The number of nitrogens with two attached hydrogens (primary N) is 1. The lowest BCUT2D eigenvalue weighted by Gasteiger charge is -2.38. The van der Waals surface area contributed by atoms with Crippen LogP contribution in [-0.2, 0) is 10.3 Å². The van der Waals surface area contributed by atoms with Gasteiger partial charge < -0.3 is 19.6 Å². The number of hydrogen-bond donors (Lipinski definition) is 1. The van der Waals surface area contributed by atoms with Crippen molar-refractivity contribution < 1.29 is 22.7 Å². The van der Waals surface area contributed by atoms with Gasteiger partial charge >= 0.3 is 0 Å². The van der Waals surface area contributed by atoms with Crippen LogP contribution in [0.2, 0.25) is 10.0 Å². The molecule has 0 radical (unpaired) electrons. The van der Waals surface area contributed by atoms with E-state index in [2.05, 4.69) is 62.8 Å². The van der Waals surface area contributed by atoms with Crippen LogP contribution < -0.4 is 15.9 Å². The standard InChI is InChI=1S/C15H10BrClFN3O2.C12H4BrClFNO2.CH3Br/c16-10-2-8-12(3-11(10)18)23-14-9(1-7(17)4-20-14)15(8)6-22-5-13(19)21-15;13-8-2-6-10(3-9(8)15)18-12-7(11(6)17)1-5(14)4-16-12;1-2/h1-4H,5-6H2,(H2,19,21);1-4H;1H3. The summed E-state index contributed by atoms with van der Waals surface area (Å²) in [6.07, 6.45) is 2.83. The minimum absolute atomic E-state index is 0.138. The molecule has 1 unspecified atom stereocenters. The third-order valence-electron chi connectivity index (χ3n) is 6.37. The molecule has 0 saturated carbocycles. The van der Waals surface area contributed by atoms with Gasteiger partial charge in [-0.15, -0.1) is 0 Å². The van der Waals surface area contributed by atoms with E-state index in [1.165, 1.54) is 30.6 Å². The van der Waals surface area contributed by atoms with Gasteiger partial charge in [-0.25, -0.2) is 18.7 Å². The minimum atomic E-state index is -0.959. The van der Waals surface area contributed by atoms with Crippen molar-refractivity contribution in [2.24, 2.45) is 10.7 Å². The van der Waals surface area contributed by atoms with Crippen LogP contribution in [0, 0.1) is 11.6 Å². The summed E-state index contributed by atoms with van der Waals surface area (Å²) >= 11 is 21.0. The third kappa shape index (κ3) is 6.03. The predicted octanol–water partition coefficient (Wildman–Crippen LogP) is 8.28. The van der Waals surface area contributed by atoms with Crippen LogP contribution in [-0.4, -0.2) is 34.9 Å². The Balaban J connectivity index is 0.000000166. The smallest absolute Gasteiger partial charge is 0.230 e. The summed E-state index contributed by atoms with van der Waals surface area (Å²) in [7, 11) is 0. The fourth-order valence-corrected chi connectivity index (χ4v) is 5.59. The van der Waals surface area contributed by atoms with Crippen molar-refractivity contribution in [2.45, 2.75) is 5.54 Å². The number of aromatic nitrogens is 2. The van der Waals surface area contributed by atoms with Crippen LogP contribution in [0.1, 0.15) is 11.1 Å². The van der Waals surface area contributed by atoms with Gasteiger partial charge in [-0.05, 0) is 62.0 Å². The minimum Gasteiger partial charge on any atom is -0.438 e. The zero-order chi connectivity index (χ0) is 31.1. The molecule has 0 bridgehead atoms. The van der Waals surface area contributed by atoms with Crippen molar-refractivity contribution in [3.63, 3.8) is 0 Å². The van der Waals surface area contributed by atoms with E-state index in [0.717, 1.165) is 6.07 Å². The Morgan fingerprint density at radius 2 is 1.58 bits per heavy atom. The molecule has 0 fully saturated rings. The molecule has 2 aliphatic rings. The van der Waals surface area contributed by atoms with Crippen molar-refractivity contribution in [3.05, 3.63) is 101 Å². The molecule has 8 nitrogen and oxygen atoms in total. The van der Waals surface area contributed by atoms with E-state index in [1.807, 2.05) is 5.83 Å². The van der Waals surface area contributed by atoms with E-state index in [1.54, 1.807) is 12.1 Å². The lowest BCUT2D eigenvalue weighted by atomic mass is 9.81. The first-order valence-corrected chi connectivity index (χ1v) is 16.0. The lowest BCUT2D eigenvalue weighted by molar-refractivity contribution is 0.109. The number of ether oxygens (including phenoxy) is 2. The van der Waals surface area contributed by atoms with Gasteiger partial charge in [0.2, 0.25) is 17.0 Å². The van der Waals surface area contributed by atoms with Crippen molar-refractivity contribution in [2.75, 3.05) is 19.0 Å². The maximum atomic E-state index is 13.9. The highest BCUT2D eigenvalue weighted by atomic mass is 79.9. The van der Waals surface area contributed by atoms with Crippen LogP contribution >= 0.6 is 71.0 Å². The quantitative estimate of drug-likeness (QED) is 0.124. The summed E-state index contributed by atoms with van der Waals surface area (Å²) in [5.41, 5.74) is 6.23. The van der Waals surface area contributed by atoms with Crippen molar-refractivity contribution >= 4 is 98.9 Å². The van der Waals surface area contributed by atoms with Gasteiger partial charge in [0.15, 0.2) is 0 Å². The zero-order valence-electron chi connectivity index (χ0n) is 21.7. The fourth-order valence-electron chi connectivity index (χ4n) is 4.59. The van der Waals surface area contributed by atoms with Gasteiger partial charge in [0, 0.05) is 30.1 Å². The molecule has 0 saturated heterocycles. The molecule has 222 valence electrons. The summed E-state index contributed by atoms with van der Waals surface area (Å²) in [4.78, 5) is 24.9. The Morgan fingerprint density at radius 3 is 2.33 bits per heavy atom. The molecule has 2 aromatic carbocycles. The van der Waals surface area contributed by atoms with E-state index < -0.39 is 17.2 Å². The molecule has 2 N–H and O–H groups in total. The van der Waals surface area contributed by atoms with E-state index in [0.29, 0.717) is 43.1 Å². The number of amidine groups is 1. The van der Waals surface area contributed by atoms with E-state index in [4.69, 9.17) is 42.8 Å². The number of alkyl halides is 1. The SMILES string of the molecule is CBr.NC1=NC2(COC1)c1cc(Br)c(F)cc1Oc1ncc(Cl)cc12.O=c1c2cc(Br)c(F)cc2oc2ncc(Cl)cc12. The molecule has 1 spiro atoms. The summed E-state index contributed by atoms with van der Waals surface area (Å²) < 4.78 is 44.6. The van der Waals surface area contributed by atoms with Gasteiger partial charge in [0.05, 0.1) is 41.9 Å². The number of hydrogen-bond acceptors (Lipinski definition) is 8. The van der Waals surface area contributed by atoms with Gasteiger partial charge in [-0.2, -0.15) is 0 Å². The topological polar surface area (TPSA) is 113 Å². The number of halogens is 7. The van der Waals surface area contributed by atoms with Crippen LogP contribution in [0.25, 0.3) is 22.1 Å². The molecule has 15 heteroatoms. The van der Waals surface area contributed by atoms with Crippen LogP contribution in [0.15, 0.2) is 71.9 Å². The van der Waals surface area contributed by atoms with Crippen molar-refractivity contribution in [3.8, 4) is 11.6 Å². The Labute approximate surface area is 277 Å². The summed E-state index contributed by atoms with van der Waals surface area (Å²) in [6.45, 7) is 0.473. The normalized spacial score (nSPS) is 16.7. The van der Waals surface area contributed by atoms with Crippen molar-refractivity contribution in [1.82, 2.24) is 9.97 Å². The third-order valence-corrected chi connectivity index (χ3v) is 8.00. The van der Waals surface area contributed by atoms with Gasteiger partial charge in [0.25, 0.3) is 0 Å². The second-order valence-corrected chi connectivity index (χ2v) is 11.6. The Bertz CT molecular complexity index is 2000. The van der Waals surface area contributed by atoms with E-state index in [9.17, 15) is 13.6 Å². The van der Waals surface area contributed by atoms with Gasteiger partial charge in [-0.3, -0.25) is 9.79 Å². The second-order valence-electron chi connectivity index (χ2n) is 9.03. The summed E-state index contributed by atoms with van der Waals surface area (Å²) in [5, 5.41) is 1.33. The van der Waals surface area contributed by atoms with E-state index >= 15 is 0 Å². The maximum Gasteiger partial charge on any atom is 0.230 e. The first-order chi connectivity index (χ1) is 20.6. The number of nitrogens with zero attached hydrogens (tertiary/aromatic N) is 3. The monoisotopic (exact) mass is 818 g/mol. The number of pyridine rings is 2. The average Bonchev–Trinajstić information content (AvgIpc) is 2.98. The summed E-state index contributed by atoms with van der Waals surface area (Å²) in [6, 6.07) is 8.65. The molecule has 0 aliphatic carbocycles. The second kappa shape index (κ2) is 12.7. The molecule has 1 atom stereocenters. The molecule has 3 aromatic heterocycles. The highest BCUT2D eigenvalue weighted by molar-refractivity contribution is 9.10. The molecule has 7 rings (SSSR count). The predicted molar refractivity (Wildman–Crippen MR) is 172 cm³/mol. The molecule has 2 aliphatic heterocycles. The lowest BCUT2D eigenvalue weighted by Crippen LogP contribution is -2.42. The Kier molecular flexibility index (Phi) is 9.40. The largest absolute Gasteiger partial charge is 0.438 e. The average molecular weight is 822 g/mol. The number of benzene rings is 2. The van der Waals surface area contributed by atoms with Crippen LogP contribution in [0.5, 0.6) is 11.6 Å². The van der Waals surface area contributed by atoms with Gasteiger partial charge in [-0.1, -0.05) is 39.1 Å². The number of rotatable bonds is 0. The van der Waals surface area contributed by atoms with Gasteiger partial charge in [0.1, 0.15) is 40.9 Å². The number of fused-ring (bicyclic) bond motifs is 6. The molecule has 5 heterocycles. The molecule has 43 heavy (non-hydrogen) atoms. The highest BCUT2D eigenvalue weighted by Crippen LogP contribution is 2.50. The van der Waals surface area contributed by atoms with E-state index in [-0.39, 0.29) is 45.2 Å². The zero-order valence-corrected chi connectivity index (χ0v) is 28.0. The Morgan fingerprint density at radius 1 is 0.907 bits per heavy atom. The highest BCUT2D eigenvalue weighted by Gasteiger charge is 2.46. The van der Waals surface area contributed by atoms with Crippen molar-refractivity contribution in [1.29, 1.82) is 0 Å². The molecule has 5 aromatic rings. The molecule has 0 amide bonds. The first kappa shape index (κ1) is 31.7.